The van der Waals surface area contributed by atoms with E-state index in [2.05, 4.69) is 9.82 Å². The molecule has 0 saturated heterocycles. The lowest BCUT2D eigenvalue weighted by Gasteiger charge is -2.23. The highest BCUT2D eigenvalue weighted by atomic mass is 32.3. The minimum absolute atomic E-state index is 0.0695. The van der Waals surface area contributed by atoms with E-state index < -0.39 is 39.6 Å². The number of carbonyl (C=O) groups is 1. The van der Waals surface area contributed by atoms with Crippen molar-refractivity contribution in [1.29, 1.82) is 0 Å². The number of fused-ring (bicyclic) bond motifs is 1. The molecule has 1 unspecified atom stereocenters. The van der Waals surface area contributed by atoms with Crippen molar-refractivity contribution in [3.05, 3.63) is 46.8 Å². The van der Waals surface area contributed by atoms with Crippen LogP contribution in [-0.2, 0) is 48.7 Å². The second-order valence-electron chi connectivity index (χ2n) is 8.90. The molecule has 33 heavy (non-hydrogen) atoms. The van der Waals surface area contributed by atoms with Crippen molar-refractivity contribution in [1.82, 2.24) is 14.5 Å². The molecule has 0 aliphatic heterocycles. The number of carbonyl (C=O) groups excluding carboxylic acids is 1. The molecule has 7 nitrogen and oxygen atoms in total. The quantitative estimate of drug-likeness (QED) is 0.446. The van der Waals surface area contributed by atoms with Crippen LogP contribution < -0.4 is 4.72 Å². The fourth-order valence-electron chi connectivity index (χ4n) is 4.21. The zero-order valence-electron chi connectivity index (χ0n) is 18.4. The summed E-state index contributed by atoms with van der Waals surface area (Å²) in [6.07, 6.45) is 0.186. The molecule has 1 aromatic heterocycles. The number of hydrogen-bond donors (Lipinski definition) is 2. The molecule has 1 saturated carbocycles. The Labute approximate surface area is 191 Å². The molecule has 2 N–H and O–H groups in total. The van der Waals surface area contributed by atoms with Crippen molar-refractivity contribution in [3.8, 4) is 0 Å². The van der Waals surface area contributed by atoms with E-state index in [1.807, 2.05) is 6.92 Å². The van der Waals surface area contributed by atoms with Gasteiger partial charge in [-0.15, -0.1) is 0 Å². The average Bonchev–Trinajstić information content (AvgIpc) is 3.36. The van der Waals surface area contributed by atoms with Gasteiger partial charge in [-0.2, -0.15) is 22.8 Å². The molecule has 2 aromatic rings. The van der Waals surface area contributed by atoms with Gasteiger partial charge in [0, 0.05) is 23.4 Å². The van der Waals surface area contributed by atoms with Gasteiger partial charge in [-0.05, 0) is 60.3 Å². The molecule has 180 valence electrons. The van der Waals surface area contributed by atoms with Crippen molar-refractivity contribution in [2.75, 3.05) is 6.61 Å². The molecule has 2 atom stereocenters. The molecule has 0 spiro atoms. The third-order valence-corrected chi connectivity index (χ3v) is 7.88. The maximum Gasteiger partial charge on any atom is 0.416 e. The van der Waals surface area contributed by atoms with Gasteiger partial charge in [0.05, 0.1) is 24.4 Å². The van der Waals surface area contributed by atoms with Crippen LogP contribution in [0.2, 0.25) is 0 Å². The van der Waals surface area contributed by atoms with Crippen molar-refractivity contribution in [2.24, 2.45) is 0 Å². The van der Waals surface area contributed by atoms with Crippen molar-refractivity contribution >= 4 is 16.4 Å². The molecular weight excluding hydrogens is 459 g/mol. The summed E-state index contributed by atoms with van der Waals surface area (Å²) in [6, 6.07) is 2.64. The first kappa shape index (κ1) is 23.9. The normalized spacial score (nSPS) is 21.2. The van der Waals surface area contributed by atoms with Gasteiger partial charge in [0.1, 0.15) is 6.54 Å². The number of benzene rings is 1. The Morgan fingerprint density at radius 3 is 2.73 bits per heavy atom. The third-order valence-electron chi connectivity index (χ3n) is 6.40. The van der Waals surface area contributed by atoms with Crippen LogP contribution in [0, 0.1) is 0 Å². The minimum Gasteiger partial charge on any atom is -0.465 e. The lowest BCUT2D eigenvalue weighted by atomic mass is 9.94. The van der Waals surface area contributed by atoms with Crippen LogP contribution in [0.3, 0.4) is 0 Å². The number of hydrogen-bond acceptors (Lipinski definition) is 4. The van der Waals surface area contributed by atoms with Crippen LogP contribution in [-0.4, -0.2) is 26.9 Å². The first-order valence-corrected chi connectivity index (χ1v) is 12.4. The van der Waals surface area contributed by atoms with Crippen molar-refractivity contribution in [2.45, 2.75) is 75.0 Å². The Kier molecular flexibility index (Phi) is 6.17. The average molecular weight is 487 g/mol. The molecule has 0 radical (unpaired) electrons. The van der Waals surface area contributed by atoms with E-state index >= 15 is 0 Å². The summed E-state index contributed by atoms with van der Waals surface area (Å²) in [6.45, 7) is 3.73. The Morgan fingerprint density at radius 1 is 1.36 bits per heavy atom. The van der Waals surface area contributed by atoms with Gasteiger partial charge in [-0.25, -0.2) is 0 Å². The maximum absolute atomic E-state index is 13.5. The van der Waals surface area contributed by atoms with E-state index in [1.165, 1.54) is 16.9 Å². The standard InChI is InChI=1S/C22H26F3N3O4S/c1-3-32-20(29)13-28-19-6-4-5-18(17(19)12-26-28)27-33(30,31)16-10-14(21(2)7-8-21)9-15(11-16)22(23,24)25/h9-12,18H,3-8,13H2,1-2H3,(H-,27,30,31)/p+1/t18-/m1/s1. The highest BCUT2D eigenvalue weighted by Gasteiger charge is 2.45. The fourth-order valence-corrected chi connectivity index (χ4v) is 5.55. The summed E-state index contributed by atoms with van der Waals surface area (Å²) in [4.78, 5) is 11.6. The number of aromatic nitrogens is 2. The SMILES string of the molecule is CCOC(=O)Cn1ncc2c1CCC[C@H]2N[S+](=O)(O)c1cc(C(F)(F)F)cc(C2(C)CC2)c1. The summed E-state index contributed by atoms with van der Waals surface area (Å²) >= 11 is 0. The zero-order valence-corrected chi connectivity index (χ0v) is 19.3. The fraction of sp³-hybridized carbons (Fsp3) is 0.545. The smallest absolute Gasteiger partial charge is 0.416 e. The van der Waals surface area contributed by atoms with E-state index in [9.17, 15) is 26.7 Å². The summed E-state index contributed by atoms with van der Waals surface area (Å²) in [7, 11) is -3.99. The molecule has 1 fully saturated rings. The first-order chi connectivity index (χ1) is 15.4. The minimum atomic E-state index is -4.63. The number of alkyl halides is 3. The molecule has 2 aliphatic carbocycles. The summed E-state index contributed by atoms with van der Waals surface area (Å²) < 4.78 is 73.8. The predicted octanol–water partition coefficient (Wildman–Crippen LogP) is 4.43. The van der Waals surface area contributed by atoms with Crippen LogP contribution in [0.15, 0.2) is 29.3 Å². The van der Waals surface area contributed by atoms with Gasteiger partial charge in [0.2, 0.25) is 4.90 Å². The molecule has 4 rings (SSSR count). The van der Waals surface area contributed by atoms with Crippen LogP contribution in [0.5, 0.6) is 0 Å². The zero-order chi connectivity index (χ0) is 24.0. The van der Waals surface area contributed by atoms with Gasteiger partial charge < -0.3 is 4.74 Å². The predicted molar refractivity (Wildman–Crippen MR) is 115 cm³/mol. The number of halogens is 3. The molecule has 0 amide bonds. The van der Waals surface area contributed by atoms with Crippen molar-refractivity contribution in [3.63, 3.8) is 0 Å². The van der Waals surface area contributed by atoms with Gasteiger partial charge in [-0.3, -0.25) is 9.48 Å². The van der Waals surface area contributed by atoms with Gasteiger partial charge >= 0.3 is 22.5 Å². The summed E-state index contributed by atoms with van der Waals surface area (Å²) in [5.74, 6) is -0.436. The second kappa shape index (κ2) is 8.52. The van der Waals surface area contributed by atoms with Crippen molar-refractivity contribution < 1.29 is 31.5 Å². The molecule has 1 heterocycles. The van der Waals surface area contributed by atoms with E-state index in [4.69, 9.17) is 4.74 Å². The monoisotopic (exact) mass is 486 g/mol. The molecule has 11 heteroatoms. The van der Waals surface area contributed by atoms with Crippen LogP contribution in [0.25, 0.3) is 0 Å². The lowest BCUT2D eigenvalue weighted by molar-refractivity contribution is -0.144. The van der Waals surface area contributed by atoms with Gasteiger partial charge in [0.15, 0.2) is 0 Å². The Morgan fingerprint density at radius 2 is 2.09 bits per heavy atom. The number of ether oxygens (including phenoxy) is 1. The van der Waals surface area contributed by atoms with Gasteiger partial charge in [-0.1, -0.05) is 11.6 Å². The number of rotatable bonds is 7. The van der Waals surface area contributed by atoms with Crippen LogP contribution in [0.1, 0.15) is 68.0 Å². The van der Waals surface area contributed by atoms with Crippen LogP contribution >= 0.6 is 0 Å². The van der Waals surface area contributed by atoms with E-state index in [0.717, 1.165) is 30.7 Å². The maximum atomic E-state index is 13.5. The summed E-state index contributed by atoms with van der Waals surface area (Å²) in [5, 5.41) is 4.23. The molecule has 1 aromatic carbocycles. The lowest BCUT2D eigenvalue weighted by Crippen LogP contribution is -2.36. The highest BCUT2D eigenvalue weighted by molar-refractivity contribution is 7.95. The summed E-state index contributed by atoms with van der Waals surface area (Å²) in [5.41, 5.74) is 0.490. The third kappa shape index (κ3) is 4.99. The number of nitrogens with one attached hydrogen (secondary N) is 1. The highest BCUT2D eigenvalue weighted by Crippen LogP contribution is 2.49. The van der Waals surface area contributed by atoms with Crippen LogP contribution in [0.4, 0.5) is 13.2 Å². The molecular formula is C22H27F3N3O4S+. The number of nitrogens with zero attached hydrogens (tertiary/aromatic N) is 2. The largest absolute Gasteiger partial charge is 0.465 e. The topological polar surface area (TPSA) is 93.5 Å². The van der Waals surface area contributed by atoms with E-state index in [0.29, 0.717) is 30.4 Å². The number of esters is 1. The van der Waals surface area contributed by atoms with E-state index in [1.54, 1.807) is 6.92 Å². The Balaban J connectivity index is 1.62. The molecule has 0 bridgehead atoms. The Hall–Kier alpha value is -2.24. The van der Waals surface area contributed by atoms with E-state index in [-0.39, 0.29) is 18.0 Å². The first-order valence-electron chi connectivity index (χ1n) is 10.9. The molecule has 2 aliphatic rings. The Bertz CT molecular complexity index is 1090. The second-order valence-corrected chi connectivity index (χ2v) is 10.7. The van der Waals surface area contributed by atoms with Gasteiger partial charge in [0.25, 0.3) is 0 Å².